The number of aryl methyl sites for hydroxylation is 1. The monoisotopic (exact) mass is 491 g/mol. The van der Waals surface area contributed by atoms with Crippen LogP contribution in [0.5, 0.6) is 11.5 Å². The predicted octanol–water partition coefficient (Wildman–Crippen LogP) is 5.77. The highest BCUT2D eigenvalue weighted by molar-refractivity contribution is 7.92. The van der Waals surface area contributed by atoms with Gasteiger partial charge >= 0.3 is 6.18 Å². The topological polar surface area (TPSA) is 93.5 Å². The second-order valence-electron chi connectivity index (χ2n) is 7.54. The van der Waals surface area contributed by atoms with Gasteiger partial charge in [-0.25, -0.2) is 13.4 Å². The number of benzene rings is 2. The molecule has 2 aliphatic heterocycles. The number of pyridine rings is 1. The molecule has 2 aromatic carbocycles. The molecule has 0 spiro atoms. The molecule has 11 heteroatoms. The van der Waals surface area contributed by atoms with E-state index in [9.17, 15) is 26.8 Å². The second-order valence-corrected chi connectivity index (χ2v) is 9.55. The lowest BCUT2D eigenvalue weighted by molar-refractivity contribution is -0.137. The number of halogens is 3. The molecule has 0 saturated heterocycles. The van der Waals surface area contributed by atoms with Gasteiger partial charge in [-0.1, -0.05) is 6.07 Å². The Labute approximate surface area is 193 Å². The summed E-state index contributed by atoms with van der Waals surface area (Å²) < 4.78 is 72.9. The molecule has 0 aromatic heterocycles. The van der Waals surface area contributed by atoms with Crippen molar-refractivity contribution in [3.8, 4) is 34.0 Å². The Balaban J connectivity index is 1.87. The lowest BCUT2D eigenvalue weighted by Gasteiger charge is -2.18. The molecule has 2 heterocycles. The van der Waals surface area contributed by atoms with Crippen LogP contribution in [-0.4, -0.2) is 29.1 Å². The van der Waals surface area contributed by atoms with Gasteiger partial charge < -0.3 is 9.94 Å². The third-order valence-electron chi connectivity index (χ3n) is 5.17. The smallest absolute Gasteiger partial charge is 0.416 e. The van der Waals surface area contributed by atoms with E-state index in [4.69, 9.17) is 4.74 Å². The summed E-state index contributed by atoms with van der Waals surface area (Å²) in [6, 6.07) is 12.2. The van der Waals surface area contributed by atoms with Gasteiger partial charge in [0, 0.05) is 23.0 Å². The number of hydrogen-bond acceptors (Lipinski definition) is 5. The third kappa shape index (κ3) is 4.65. The maximum Gasteiger partial charge on any atom is 0.416 e. The van der Waals surface area contributed by atoms with Gasteiger partial charge in [-0.05, 0) is 67.9 Å². The summed E-state index contributed by atoms with van der Waals surface area (Å²) in [5, 5.41) is 10.3. The number of fused-ring (bicyclic) bond motifs is 1. The van der Waals surface area contributed by atoms with Gasteiger partial charge in [0.25, 0.3) is 0 Å². The molecular weight excluding hydrogens is 471 g/mol. The van der Waals surface area contributed by atoms with Crippen LogP contribution in [0.4, 0.5) is 18.9 Å². The zero-order valence-corrected chi connectivity index (χ0v) is 18.9. The zero-order chi connectivity index (χ0) is 24.7. The van der Waals surface area contributed by atoms with E-state index in [-0.39, 0.29) is 28.8 Å². The van der Waals surface area contributed by atoms with Gasteiger partial charge in [0.1, 0.15) is 11.5 Å². The highest BCUT2D eigenvalue weighted by atomic mass is 32.2. The van der Waals surface area contributed by atoms with Gasteiger partial charge in [-0.15, -0.1) is 0 Å². The Morgan fingerprint density at radius 2 is 1.82 bits per heavy atom. The number of aromatic nitrogens is 2. The third-order valence-corrected chi connectivity index (χ3v) is 6.48. The van der Waals surface area contributed by atoms with E-state index in [1.165, 1.54) is 43.5 Å². The van der Waals surface area contributed by atoms with Crippen molar-refractivity contribution in [3.63, 3.8) is 0 Å². The molecule has 178 valence electrons. The summed E-state index contributed by atoms with van der Waals surface area (Å²) in [5.74, 6) is 0.271. The minimum absolute atomic E-state index is 0.0419. The lowest BCUT2D eigenvalue weighted by atomic mass is 9.98. The van der Waals surface area contributed by atoms with Gasteiger partial charge in [0.2, 0.25) is 10.0 Å². The Morgan fingerprint density at radius 3 is 2.53 bits per heavy atom. The molecule has 0 unspecified atom stereocenters. The summed E-state index contributed by atoms with van der Waals surface area (Å²) in [6.07, 6.45) is -3.04. The first kappa shape index (κ1) is 23.4. The number of hydrogen-bond donors (Lipinski definition) is 2. The van der Waals surface area contributed by atoms with E-state index in [0.29, 0.717) is 22.4 Å². The van der Waals surface area contributed by atoms with E-state index in [1.807, 2.05) is 0 Å². The van der Waals surface area contributed by atoms with Crippen molar-refractivity contribution in [1.82, 2.24) is 9.71 Å². The van der Waals surface area contributed by atoms with Crippen LogP contribution >= 0.6 is 0 Å². The summed E-state index contributed by atoms with van der Waals surface area (Å²) in [6.45, 7) is 3.14. The molecule has 34 heavy (non-hydrogen) atoms. The van der Waals surface area contributed by atoms with Crippen LogP contribution in [0.2, 0.25) is 0 Å². The largest absolute Gasteiger partial charge is 0.457 e. The average Bonchev–Trinajstić information content (AvgIpc) is 3.27. The van der Waals surface area contributed by atoms with E-state index in [2.05, 4.69) is 9.71 Å². The van der Waals surface area contributed by atoms with Crippen molar-refractivity contribution in [1.29, 1.82) is 0 Å². The molecule has 0 radical (unpaired) electrons. The van der Waals surface area contributed by atoms with E-state index in [0.717, 1.165) is 16.9 Å². The van der Waals surface area contributed by atoms with Crippen molar-refractivity contribution in [2.75, 3.05) is 10.5 Å². The van der Waals surface area contributed by atoms with Crippen molar-refractivity contribution < 1.29 is 31.5 Å². The SMILES string of the molecule is CCS(=O)(=O)Nc1ccc(Oc2cccc(C(F)(F)F)c2)c(-c2cc(C)n(O)c3nccc2-3)c1. The van der Waals surface area contributed by atoms with Crippen molar-refractivity contribution >= 4 is 15.7 Å². The fraction of sp³-hybridized carbons (Fsp3) is 0.174. The Morgan fingerprint density at radius 1 is 1.06 bits per heavy atom. The molecular formula is C23H20F3N3O4S. The quantitative estimate of drug-likeness (QED) is 0.334. The van der Waals surface area contributed by atoms with Crippen LogP contribution in [-0.2, 0) is 16.2 Å². The predicted molar refractivity (Wildman–Crippen MR) is 121 cm³/mol. The molecule has 0 bridgehead atoms. The number of ether oxygens (including phenoxy) is 1. The Bertz CT molecular complexity index is 1430. The number of nitrogens with one attached hydrogen (secondary N) is 1. The first-order valence-electron chi connectivity index (χ1n) is 10.1. The van der Waals surface area contributed by atoms with E-state index in [1.54, 1.807) is 19.1 Å². The molecule has 0 saturated carbocycles. The standard InChI is InChI=1S/C23H20F3N3O4S/c1-3-34(31,32)28-16-7-8-21(33-17-6-4-5-15(12-17)23(24,25)26)20(13-16)19-11-14(2)29(30)22-18(19)9-10-27-22/h4-13,28,30H,3H2,1-2H3. The summed E-state index contributed by atoms with van der Waals surface area (Å²) >= 11 is 0. The normalized spacial score (nSPS) is 12.1. The Hall–Kier alpha value is -3.73. The molecule has 0 aliphatic carbocycles. The van der Waals surface area contributed by atoms with Gasteiger partial charge in [0.15, 0.2) is 5.82 Å². The maximum absolute atomic E-state index is 13.2. The molecule has 2 aliphatic rings. The first-order chi connectivity index (χ1) is 16.0. The minimum atomic E-state index is -4.54. The van der Waals surface area contributed by atoms with Crippen LogP contribution in [0.1, 0.15) is 18.2 Å². The molecule has 0 fully saturated rings. The Kier molecular flexibility index (Phi) is 5.90. The van der Waals surface area contributed by atoms with Crippen LogP contribution in [0.3, 0.4) is 0 Å². The zero-order valence-electron chi connectivity index (χ0n) is 18.1. The maximum atomic E-state index is 13.2. The van der Waals surface area contributed by atoms with Crippen molar-refractivity contribution in [2.24, 2.45) is 0 Å². The number of sulfonamides is 1. The average molecular weight is 491 g/mol. The van der Waals surface area contributed by atoms with E-state index >= 15 is 0 Å². The minimum Gasteiger partial charge on any atom is -0.457 e. The van der Waals surface area contributed by atoms with Crippen LogP contribution in [0.15, 0.2) is 60.8 Å². The lowest BCUT2D eigenvalue weighted by Crippen LogP contribution is -2.14. The fourth-order valence-corrected chi connectivity index (χ4v) is 4.08. The molecule has 2 N–H and O–H groups in total. The molecule has 2 aromatic rings. The number of rotatable bonds is 6. The molecule has 7 nitrogen and oxygen atoms in total. The van der Waals surface area contributed by atoms with Gasteiger partial charge in [-0.2, -0.15) is 17.9 Å². The van der Waals surface area contributed by atoms with Gasteiger partial charge in [0.05, 0.1) is 17.0 Å². The second kappa shape index (κ2) is 8.56. The first-order valence-corrected chi connectivity index (χ1v) is 11.8. The number of anilines is 1. The summed E-state index contributed by atoms with van der Waals surface area (Å²) in [4.78, 5) is 4.15. The highest BCUT2D eigenvalue weighted by Gasteiger charge is 2.31. The van der Waals surface area contributed by atoms with Crippen molar-refractivity contribution in [3.05, 3.63) is 72.1 Å². The van der Waals surface area contributed by atoms with Crippen LogP contribution < -0.4 is 9.46 Å². The number of nitrogens with zero attached hydrogens (tertiary/aromatic N) is 2. The molecule has 0 amide bonds. The van der Waals surface area contributed by atoms with Crippen LogP contribution in [0, 0.1) is 6.92 Å². The fourth-order valence-electron chi connectivity index (χ4n) is 3.45. The summed E-state index contributed by atoms with van der Waals surface area (Å²) in [7, 11) is -3.58. The summed E-state index contributed by atoms with van der Waals surface area (Å²) in [5.41, 5.74) is 1.31. The van der Waals surface area contributed by atoms with E-state index < -0.39 is 21.8 Å². The molecule has 0 atom stereocenters. The highest BCUT2D eigenvalue weighted by Crippen LogP contribution is 2.42. The van der Waals surface area contributed by atoms with Crippen LogP contribution in [0.25, 0.3) is 22.5 Å². The molecule has 4 rings (SSSR count). The van der Waals surface area contributed by atoms with Crippen molar-refractivity contribution in [2.45, 2.75) is 20.0 Å². The van der Waals surface area contributed by atoms with Gasteiger partial charge in [-0.3, -0.25) is 4.72 Å². The number of alkyl halides is 3.